The van der Waals surface area contributed by atoms with Gasteiger partial charge in [0.1, 0.15) is 5.54 Å². The summed E-state index contributed by atoms with van der Waals surface area (Å²) in [7, 11) is 0. The first-order valence-corrected chi connectivity index (χ1v) is 5.94. The molecule has 17 heavy (non-hydrogen) atoms. The average Bonchev–Trinajstić information content (AvgIpc) is 2.57. The predicted molar refractivity (Wildman–Crippen MR) is 66.7 cm³/mol. The molecule has 0 saturated carbocycles. The van der Waals surface area contributed by atoms with E-state index in [2.05, 4.69) is 5.32 Å². The first-order valence-electron chi connectivity index (χ1n) is 5.94. The molecular formula is C13H18N2O2. The number of carbonyl (C=O) groups excluding carboxylic acids is 1. The zero-order chi connectivity index (χ0) is 12.1. The minimum absolute atomic E-state index is 0.299. The van der Waals surface area contributed by atoms with Crippen molar-refractivity contribution in [2.45, 2.75) is 24.8 Å². The van der Waals surface area contributed by atoms with Gasteiger partial charge in [-0.1, -0.05) is 18.2 Å². The number of nitrogens with one attached hydrogen (secondary N) is 1. The van der Waals surface area contributed by atoms with Gasteiger partial charge in [0.05, 0.1) is 0 Å². The molecular weight excluding hydrogens is 216 g/mol. The maximum atomic E-state index is 11.7. The highest BCUT2D eigenvalue weighted by Gasteiger charge is 2.37. The Morgan fingerprint density at radius 2 is 2.00 bits per heavy atom. The van der Waals surface area contributed by atoms with Crippen molar-refractivity contribution in [1.29, 1.82) is 0 Å². The van der Waals surface area contributed by atoms with Crippen molar-refractivity contribution in [1.82, 2.24) is 0 Å². The van der Waals surface area contributed by atoms with Gasteiger partial charge in [0.15, 0.2) is 0 Å². The summed E-state index contributed by atoms with van der Waals surface area (Å²) in [6.07, 6.45) is 2.19. The third-order valence-electron chi connectivity index (χ3n) is 3.19. The topological polar surface area (TPSA) is 64.4 Å². The standard InChI is InChI=1S/C13H18N2O2/c14-12(16)13(7-4-9-17-10-8-13)15-11-5-2-1-3-6-11/h1-3,5-6,15H,4,7-10H2,(H2,14,16). The Hall–Kier alpha value is -1.55. The lowest BCUT2D eigenvalue weighted by Gasteiger charge is -2.31. The van der Waals surface area contributed by atoms with E-state index in [1.54, 1.807) is 0 Å². The van der Waals surface area contributed by atoms with Crippen LogP contribution in [0.1, 0.15) is 19.3 Å². The van der Waals surface area contributed by atoms with Crippen LogP contribution in [0.4, 0.5) is 5.69 Å². The SMILES string of the molecule is NC(=O)C1(Nc2ccccc2)CCCOCC1. The van der Waals surface area contributed by atoms with Crippen LogP contribution in [0.5, 0.6) is 0 Å². The number of ether oxygens (including phenoxy) is 1. The van der Waals surface area contributed by atoms with Gasteiger partial charge < -0.3 is 15.8 Å². The third-order valence-corrected chi connectivity index (χ3v) is 3.19. The molecule has 4 nitrogen and oxygen atoms in total. The van der Waals surface area contributed by atoms with E-state index < -0.39 is 5.54 Å². The fraction of sp³-hybridized carbons (Fsp3) is 0.462. The Labute approximate surface area is 101 Å². The van der Waals surface area contributed by atoms with Crippen LogP contribution in [0.25, 0.3) is 0 Å². The predicted octanol–water partition coefficient (Wildman–Crippen LogP) is 1.52. The quantitative estimate of drug-likeness (QED) is 0.833. The van der Waals surface area contributed by atoms with Crippen molar-refractivity contribution in [3.05, 3.63) is 30.3 Å². The molecule has 1 aromatic carbocycles. The summed E-state index contributed by atoms with van der Waals surface area (Å²) in [6.45, 7) is 1.27. The summed E-state index contributed by atoms with van der Waals surface area (Å²) in [5.74, 6) is -0.299. The first-order chi connectivity index (χ1) is 8.23. The van der Waals surface area contributed by atoms with Crippen molar-refractivity contribution >= 4 is 11.6 Å². The number of anilines is 1. The normalized spacial score (nSPS) is 24.9. The Bertz CT molecular complexity index is 370. The van der Waals surface area contributed by atoms with Crippen LogP contribution in [-0.4, -0.2) is 24.7 Å². The minimum Gasteiger partial charge on any atom is -0.381 e. The van der Waals surface area contributed by atoms with Crippen LogP contribution in [0.2, 0.25) is 0 Å². The molecule has 4 heteroatoms. The van der Waals surface area contributed by atoms with Gasteiger partial charge >= 0.3 is 0 Å². The summed E-state index contributed by atoms with van der Waals surface area (Å²) >= 11 is 0. The van der Waals surface area contributed by atoms with Crippen LogP contribution >= 0.6 is 0 Å². The van der Waals surface area contributed by atoms with Gasteiger partial charge in [0.25, 0.3) is 0 Å². The highest BCUT2D eigenvalue weighted by molar-refractivity contribution is 5.88. The van der Waals surface area contributed by atoms with Crippen LogP contribution in [0.3, 0.4) is 0 Å². The molecule has 0 bridgehead atoms. The van der Waals surface area contributed by atoms with Gasteiger partial charge in [-0.05, 0) is 25.0 Å². The van der Waals surface area contributed by atoms with Crippen molar-refractivity contribution in [3.63, 3.8) is 0 Å². The average molecular weight is 234 g/mol. The van der Waals surface area contributed by atoms with Crippen molar-refractivity contribution in [3.8, 4) is 0 Å². The molecule has 1 saturated heterocycles. The summed E-state index contributed by atoms with van der Waals surface area (Å²) in [6, 6.07) is 9.69. The Morgan fingerprint density at radius 3 is 2.71 bits per heavy atom. The maximum absolute atomic E-state index is 11.7. The minimum atomic E-state index is -0.669. The van der Waals surface area contributed by atoms with Crippen molar-refractivity contribution < 1.29 is 9.53 Å². The molecule has 2 rings (SSSR count). The van der Waals surface area contributed by atoms with Crippen LogP contribution in [-0.2, 0) is 9.53 Å². The second-order valence-electron chi connectivity index (χ2n) is 4.40. The van der Waals surface area contributed by atoms with Gasteiger partial charge in [0.2, 0.25) is 5.91 Å². The largest absolute Gasteiger partial charge is 0.381 e. The number of para-hydroxylation sites is 1. The van der Waals surface area contributed by atoms with E-state index in [9.17, 15) is 4.79 Å². The van der Waals surface area contributed by atoms with Crippen LogP contribution < -0.4 is 11.1 Å². The lowest BCUT2D eigenvalue weighted by Crippen LogP contribution is -2.50. The van der Waals surface area contributed by atoms with Crippen LogP contribution in [0.15, 0.2) is 30.3 Å². The lowest BCUT2D eigenvalue weighted by molar-refractivity contribution is -0.122. The van der Waals surface area contributed by atoms with E-state index in [1.807, 2.05) is 30.3 Å². The molecule has 1 aromatic rings. The molecule has 0 aromatic heterocycles. The van der Waals surface area contributed by atoms with E-state index in [-0.39, 0.29) is 5.91 Å². The fourth-order valence-electron chi connectivity index (χ4n) is 2.18. The van der Waals surface area contributed by atoms with E-state index in [0.717, 1.165) is 18.5 Å². The number of rotatable bonds is 3. The highest BCUT2D eigenvalue weighted by atomic mass is 16.5. The molecule has 0 radical (unpaired) electrons. The molecule has 1 aliphatic heterocycles. The summed E-state index contributed by atoms with van der Waals surface area (Å²) in [4.78, 5) is 11.7. The smallest absolute Gasteiger partial charge is 0.243 e. The molecule has 92 valence electrons. The number of amides is 1. The molecule has 3 N–H and O–H groups in total. The van der Waals surface area contributed by atoms with Crippen molar-refractivity contribution in [2.24, 2.45) is 5.73 Å². The Morgan fingerprint density at radius 1 is 1.24 bits per heavy atom. The number of carbonyl (C=O) groups is 1. The molecule has 1 aliphatic rings. The fourth-order valence-corrected chi connectivity index (χ4v) is 2.18. The second-order valence-corrected chi connectivity index (χ2v) is 4.40. The molecule has 0 spiro atoms. The van der Waals surface area contributed by atoms with E-state index >= 15 is 0 Å². The maximum Gasteiger partial charge on any atom is 0.243 e. The Kier molecular flexibility index (Phi) is 3.64. The van der Waals surface area contributed by atoms with Gasteiger partial charge in [-0.3, -0.25) is 4.79 Å². The van der Waals surface area contributed by atoms with Gasteiger partial charge in [0, 0.05) is 25.3 Å². The molecule has 1 fully saturated rings. The number of benzene rings is 1. The molecule has 0 aliphatic carbocycles. The Balaban J connectivity index is 2.19. The molecule has 1 heterocycles. The monoisotopic (exact) mass is 234 g/mol. The molecule has 1 amide bonds. The number of nitrogens with two attached hydrogens (primary N) is 1. The molecule has 1 unspecified atom stereocenters. The number of hydrogen-bond acceptors (Lipinski definition) is 3. The number of hydrogen-bond donors (Lipinski definition) is 2. The van der Waals surface area contributed by atoms with Gasteiger partial charge in [-0.15, -0.1) is 0 Å². The highest BCUT2D eigenvalue weighted by Crippen LogP contribution is 2.26. The van der Waals surface area contributed by atoms with E-state index in [4.69, 9.17) is 10.5 Å². The van der Waals surface area contributed by atoms with Gasteiger partial charge in [-0.25, -0.2) is 0 Å². The zero-order valence-corrected chi connectivity index (χ0v) is 9.82. The van der Waals surface area contributed by atoms with Gasteiger partial charge in [-0.2, -0.15) is 0 Å². The summed E-state index contributed by atoms with van der Waals surface area (Å²) in [5, 5.41) is 3.28. The molecule has 1 atom stereocenters. The lowest BCUT2D eigenvalue weighted by atomic mass is 9.89. The number of primary amides is 1. The van der Waals surface area contributed by atoms with E-state index in [0.29, 0.717) is 19.6 Å². The summed E-state index contributed by atoms with van der Waals surface area (Å²) < 4.78 is 5.39. The van der Waals surface area contributed by atoms with E-state index in [1.165, 1.54) is 0 Å². The third kappa shape index (κ3) is 2.77. The second kappa shape index (κ2) is 5.19. The first kappa shape index (κ1) is 11.9. The van der Waals surface area contributed by atoms with Crippen LogP contribution in [0, 0.1) is 0 Å². The zero-order valence-electron chi connectivity index (χ0n) is 9.82. The van der Waals surface area contributed by atoms with Crippen molar-refractivity contribution in [2.75, 3.05) is 18.5 Å². The summed E-state index contributed by atoms with van der Waals surface area (Å²) in [5.41, 5.74) is 5.82.